The van der Waals surface area contributed by atoms with Crippen molar-refractivity contribution in [1.29, 1.82) is 0 Å². The molecule has 1 N–H and O–H groups in total. The Balaban J connectivity index is 1.58. The lowest BCUT2D eigenvalue weighted by molar-refractivity contribution is -0.137. The van der Waals surface area contributed by atoms with Gasteiger partial charge < -0.3 is 9.47 Å². The predicted molar refractivity (Wildman–Crippen MR) is 81.1 cm³/mol. The molecule has 5 nitrogen and oxygen atoms in total. The Morgan fingerprint density at radius 2 is 1.84 bits per heavy atom. The maximum atomic E-state index is 12.7. The molecule has 3 rings (SSSR count). The summed E-state index contributed by atoms with van der Waals surface area (Å²) in [6.07, 6.45) is -4.51. The standard InChI is InChI=1S/C17H14F3NO4/c18-17(19,20)13-3-1-2-12(9-13)16(22)21-25-10-11-4-5-14-15(8-11)24-7-6-23-14/h1-5,8-9H,6-7,10H2,(H,21,22). The van der Waals surface area contributed by atoms with Gasteiger partial charge in [0.2, 0.25) is 0 Å². The van der Waals surface area contributed by atoms with E-state index in [1.807, 2.05) is 0 Å². The summed E-state index contributed by atoms with van der Waals surface area (Å²) in [5.74, 6) is 0.447. The normalized spacial score (nSPS) is 13.4. The van der Waals surface area contributed by atoms with Gasteiger partial charge in [0, 0.05) is 5.56 Å². The summed E-state index contributed by atoms with van der Waals surface area (Å²) in [5.41, 5.74) is 1.81. The van der Waals surface area contributed by atoms with Crippen LogP contribution in [0.5, 0.6) is 11.5 Å². The molecule has 25 heavy (non-hydrogen) atoms. The average Bonchev–Trinajstić information content (AvgIpc) is 2.61. The number of fused-ring (bicyclic) bond motifs is 1. The van der Waals surface area contributed by atoms with E-state index >= 15 is 0 Å². The van der Waals surface area contributed by atoms with Gasteiger partial charge in [-0.05, 0) is 35.9 Å². The van der Waals surface area contributed by atoms with Gasteiger partial charge in [0.15, 0.2) is 11.5 Å². The number of hydrogen-bond donors (Lipinski definition) is 1. The van der Waals surface area contributed by atoms with Gasteiger partial charge in [-0.25, -0.2) is 5.48 Å². The quantitative estimate of drug-likeness (QED) is 0.857. The Morgan fingerprint density at radius 1 is 1.08 bits per heavy atom. The molecule has 0 spiro atoms. The molecule has 132 valence electrons. The summed E-state index contributed by atoms with van der Waals surface area (Å²) >= 11 is 0. The molecular formula is C17H14F3NO4. The van der Waals surface area contributed by atoms with Crippen LogP contribution in [-0.4, -0.2) is 19.1 Å². The molecule has 1 heterocycles. The Hall–Kier alpha value is -2.74. The first-order chi connectivity index (χ1) is 11.9. The number of amides is 1. The molecule has 1 aliphatic heterocycles. The van der Waals surface area contributed by atoms with Crippen molar-refractivity contribution in [2.45, 2.75) is 12.8 Å². The number of carbonyl (C=O) groups is 1. The zero-order chi connectivity index (χ0) is 17.9. The van der Waals surface area contributed by atoms with E-state index in [1.165, 1.54) is 12.1 Å². The number of halogens is 3. The van der Waals surface area contributed by atoms with E-state index < -0.39 is 17.6 Å². The Kier molecular flexibility index (Phi) is 4.80. The van der Waals surface area contributed by atoms with Crippen LogP contribution in [0.15, 0.2) is 42.5 Å². The molecule has 0 saturated carbocycles. The highest BCUT2D eigenvalue weighted by Crippen LogP contribution is 2.31. The number of benzene rings is 2. The lowest BCUT2D eigenvalue weighted by atomic mass is 10.1. The van der Waals surface area contributed by atoms with Crippen molar-refractivity contribution in [1.82, 2.24) is 5.48 Å². The Labute approximate surface area is 141 Å². The highest BCUT2D eigenvalue weighted by atomic mass is 19.4. The van der Waals surface area contributed by atoms with E-state index in [4.69, 9.17) is 14.3 Å². The molecule has 8 heteroatoms. The number of hydrogen-bond acceptors (Lipinski definition) is 4. The number of ether oxygens (including phenoxy) is 2. The maximum absolute atomic E-state index is 12.7. The highest BCUT2D eigenvalue weighted by Gasteiger charge is 2.30. The maximum Gasteiger partial charge on any atom is 0.416 e. The van der Waals surface area contributed by atoms with E-state index in [0.717, 1.165) is 12.1 Å². The minimum Gasteiger partial charge on any atom is -0.486 e. The van der Waals surface area contributed by atoms with Crippen molar-refractivity contribution >= 4 is 5.91 Å². The van der Waals surface area contributed by atoms with Crippen molar-refractivity contribution in [3.63, 3.8) is 0 Å². The zero-order valence-corrected chi connectivity index (χ0v) is 12.9. The van der Waals surface area contributed by atoms with E-state index in [2.05, 4.69) is 5.48 Å². The molecule has 0 aromatic heterocycles. The third kappa shape index (κ3) is 4.21. The Bertz CT molecular complexity index is 777. The van der Waals surface area contributed by atoms with Crippen LogP contribution in [-0.2, 0) is 17.6 Å². The van der Waals surface area contributed by atoms with Gasteiger partial charge in [0.25, 0.3) is 5.91 Å². The number of nitrogens with one attached hydrogen (secondary N) is 1. The summed E-state index contributed by atoms with van der Waals surface area (Å²) in [5, 5.41) is 0. The topological polar surface area (TPSA) is 56.8 Å². The summed E-state index contributed by atoms with van der Waals surface area (Å²) < 4.78 is 48.8. The summed E-state index contributed by atoms with van der Waals surface area (Å²) in [6.45, 7) is 0.959. The van der Waals surface area contributed by atoms with Crippen LogP contribution in [0.25, 0.3) is 0 Å². The summed E-state index contributed by atoms with van der Waals surface area (Å²) in [4.78, 5) is 17.0. The van der Waals surface area contributed by atoms with Gasteiger partial charge in [0.05, 0.1) is 12.2 Å². The van der Waals surface area contributed by atoms with Crippen LogP contribution >= 0.6 is 0 Å². The van der Waals surface area contributed by atoms with Gasteiger partial charge in [-0.15, -0.1) is 0 Å². The number of hydroxylamine groups is 1. The molecule has 0 saturated heterocycles. The van der Waals surface area contributed by atoms with E-state index in [1.54, 1.807) is 18.2 Å². The second kappa shape index (κ2) is 7.02. The third-order valence-corrected chi connectivity index (χ3v) is 3.46. The fourth-order valence-corrected chi connectivity index (χ4v) is 2.26. The minimum atomic E-state index is -4.51. The van der Waals surface area contributed by atoms with Gasteiger partial charge >= 0.3 is 6.18 Å². The number of rotatable bonds is 4. The fraction of sp³-hybridized carbons (Fsp3) is 0.235. The molecule has 0 fully saturated rings. The largest absolute Gasteiger partial charge is 0.486 e. The van der Waals surface area contributed by atoms with Crippen molar-refractivity contribution in [2.24, 2.45) is 0 Å². The average molecular weight is 353 g/mol. The van der Waals surface area contributed by atoms with E-state index in [-0.39, 0.29) is 12.2 Å². The van der Waals surface area contributed by atoms with Crippen molar-refractivity contribution in [3.8, 4) is 11.5 Å². The minimum absolute atomic E-state index is 0.0291. The molecule has 0 radical (unpaired) electrons. The van der Waals surface area contributed by atoms with Crippen molar-refractivity contribution in [3.05, 3.63) is 59.2 Å². The van der Waals surface area contributed by atoms with Crippen molar-refractivity contribution in [2.75, 3.05) is 13.2 Å². The first kappa shape index (κ1) is 17.1. The second-order valence-electron chi connectivity index (χ2n) is 5.28. The molecule has 0 bridgehead atoms. The van der Waals surface area contributed by atoms with Gasteiger partial charge in [-0.2, -0.15) is 13.2 Å². The lowest BCUT2D eigenvalue weighted by Gasteiger charge is -2.18. The van der Waals surface area contributed by atoms with Crippen molar-refractivity contribution < 1.29 is 32.3 Å². The second-order valence-corrected chi connectivity index (χ2v) is 5.28. The first-order valence-electron chi connectivity index (χ1n) is 7.41. The summed E-state index contributed by atoms with van der Waals surface area (Å²) in [6, 6.07) is 9.28. The number of carbonyl (C=O) groups excluding carboxylic acids is 1. The third-order valence-electron chi connectivity index (χ3n) is 3.46. The number of alkyl halides is 3. The molecule has 1 aliphatic rings. The van der Waals surface area contributed by atoms with Gasteiger partial charge in [-0.3, -0.25) is 9.63 Å². The Morgan fingerprint density at radius 3 is 2.60 bits per heavy atom. The molecule has 2 aromatic carbocycles. The molecule has 0 unspecified atom stereocenters. The van der Waals surface area contributed by atoms with Crippen LogP contribution in [0, 0.1) is 0 Å². The fourth-order valence-electron chi connectivity index (χ4n) is 2.26. The van der Waals surface area contributed by atoms with Crippen LogP contribution in [0.3, 0.4) is 0 Å². The van der Waals surface area contributed by atoms with Crippen LogP contribution in [0.2, 0.25) is 0 Å². The zero-order valence-electron chi connectivity index (χ0n) is 12.9. The van der Waals surface area contributed by atoms with Crippen LogP contribution in [0.1, 0.15) is 21.5 Å². The molecule has 0 atom stereocenters. The smallest absolute Gasteiger partial charge is 0.416 e. The van der Waals surface area contributed by atoms with E-state index in [9.17, 15) is 18.0 Å². The predicted octanol–water partition coefficient (Wildman–Crippen LogP) is 3.34. The van der Waals surface area contributed by atoms with Gasteiger partial charge in [0.1, 0.15) is 13.2 Å². The van der Waals surface area contributed by atoms with Gasteiger partial charge in [-0.1, -0.05) is 12.1 Å². The molecule has 2 aromatic rings. The van der Waals surface area contributed by atoms with Crippen LogP contribution in [0.4, 0.5) is 13.2 Å². The summed E-state index contributed by atoms with van der Waals surface area (Å²) in [7, 11) is 0. The molecule has 1 amide bonds. The monoisotopic (exact) mass is 353 g/mol. The molecule has 0 aliphatic carbocycles. The van der Waals surface area contributed by atoms with E-state index in [0.29, 0.717) is 30.3 Å². The highest BCUT2D eigenvalue weighted by molar-refractivity contribution is 5.93. The molecular weight excluding hydrogens is 339 g/mol. The lowest BCUT2D eigenvalue weighted by Crippen LogP contribution is -2.24. The van der Waals surface area contributed by atoms with Crippen LogP contribution < -0.4 is 15.0 Å². The first-order valence-corrected chi connectivity index (χ1v) is 7.41. The SMILES string of the molecule is O=C(NOCc1ccc2c(c1)OCCO2)c1cccc(C(F)(F)F)c1.